The summed E-state index contributed by atoms with van der Waals surface area (Å²) in [6.45, 7) is 7.46. The molecular formula is C34H37ClN4O. The third kappa shape index (κ3) is 5.86. The summed E-state index contributed by atoms with van der Waals surface area (Å²) in [5.74, 6) is 3.73. The molecule has 1 unspecified atom stereocenters. The molecule has 1 aliphatic carbocycles. The number of ether oxygens (including phenoxy) is 1. The first kappa shape index (κ1) is 26.8. The molecule has 1 atom stereocenters. The van der Waals surface area contributed by atoms with Gasteiger partial charge in [-0.2, -0.15) is 0 Å². The van der Waals surface area contributed by atoms with E-state index >= 15 is 0 Å². The summed E-state index contributed by atoms with van der Waals surface area (Å²) in [7, 11) is 0. The van der Waals surface area contributed by atoms with Crippen molar-refractivity contribution in [1.29, 1.82) is 0 Å². The maximum absolute atomic E-state index is 6.27. The van der Waals surface area contributed by atoms with E-state index in [0.29, 0.717) is 12.6 Å². The summed E-state index contributed by atoms with van der Waals surface area (Å²) >= 11 is 6.21. The van der Waals surface area contributed by atoms with Gasteiger partial charge in [0.05, 0.1) is 18.7 Å². The highest BCUT2D eigenvalue weighted by molar-refractivity contribution is 6.30. The van der Waals surface area contributed by atoms with Crippen LogP contribution >= 0.6 is 11.6 Å². The van der Waals surface area contributed by atoms with Crippen molar-refractivity contribution in [2.45, 2.75) is 31.8 Å². The highest BCUT2D eigenvalue weighted by Gasteiger charge is 2.25. The molecule has 0 amide bonds. The van der Waals surface area contributed by atoms with Crippen LogP contribution in [-0.2, 0) is 13.0 Å². The van der Waals surface area contributed by atoms with Crippen LogP contribution in [0.25, 0.3) is 10.9 Å². The molecule has 4 aromatic rings. The van der Waals surface area contributed by atoms with E-state index in [1.165, 1.54) is 33.3 Å². The summed E-state index contributed by atoms with van der Waals surface area (Å²) in [4.78, 5) is 5.11. The number of hydrogen-bond acceptors (Lipinski definition) is 4. The van der Waals surface area contributed by atoms with Crippen molar-refractivity contribution in [3.05, 3.63) is 94.6 Å². The summed E-state index contributed by atoms with van der Waals surface area (Å²) in [5.41, 5.74) is 6.51. The Morgan fingerprint density at radius 1 is 1.00 bits per heavy atom. The first-order valence-corrected chi connectivity index (χ1v) is 14.8. The number of fused-ring (bicyclic) bond motifs is 2. The second-order valence-corrected chi connectivity index (χ2v) is 11.3. The lowest BCUT2D eigenvalue weighted by atomic mass is 10.1. The number of nitrogens with zero attached hydrogens (tertiary/aromatic N) is 3. The standard InChI is InChI=1S/C34H37ClN4O/c1-2-16-36-31-14-13-29-28(31)9-4-12-34(29)40-23-6-17-37-19-21-38(22-20-37)32-10-5-11-33-30(32)15-18-39(33)25-26-7-3-8-27(35)24-26/h1,3-5,7-12,15,18,24,31,36H,6,13-14,16-17,19-23,25H2. The summed E-state index contributed by atoms with van der Waals surface area (Å²) < 4.78 is 8.58. The van der Waals surface area contributed by atoms with Gasteiger partial charge in [-0.15, -0.1) is 6.42 Å². The lowest BCUT2D eigenvalue weighted by Gasteiger charge is -2.36. The number of benzene rings is 3. The summed E-state index contributed by atoms with van der Waals surface area (Å²) in [5, 5.41) is 5.56. The normalized spacial score (nSPS) is 17.2. The molecule has 6 heteroatoms. The van der Waals surface area contributed by atoms with Crippen LogP contribution in [0.1, 0.15) is 35.6 Å². The fourth-order valence-electron chi connectivity index (χ4n) is 6.29. The number of nitrogens with one attached hydrogen (secondary N) is 1. The Morgan fingerprint density at radius 3 is 2.70 bits per heavy atom. The molecule has 1 saturated heterocycles. The number of rotatable bonds is 10. The van der Waals surface area contributed by atoms with Gasteiger partial charge >= 0.3 is 0 Å². The number of aromatic nitrogens is 1. The average molecular weight is 553 g/mol. The van der Waals surface area contributed by atoms with Crippen molar-refractivity contribution < 1.29 is 4.74 Å². The Bertz CT molecular complexity index is 1500. The van der Waals surface area contributed by atoms with Gasteiger partial charge < -0.3 is 14.2 Å². The van der Waals surface area contributed by atoms with E-state index in [1.807, 2.05) is 18.2 Å². The lowest BCUT2D eigenvalue weighted by molar-refractivity contribution is 0.224. The lowest BCUT2D eigenvalue weighted by Crippen LogP contribution is -2.46. The highest BCUT2D eigenvalue weighted by atomic mass is 35.5. The van der Waals surface area contributed by atoms with Crippen LogP contribution in [0, 0.1) is 12.3 Å². The van der Waals surface area contributed by atoms with E-state index in [0.717, 1.165) is 75.9 Å². The second-order valence-electron chi connectivity index (χ2n) is 10.8. The van der Waals surface area contributed by atoms with E-state index in [9.17, 15) is 0 Å². The first-order valence-electron chi connectivity index (χ1n) is 14.4. The third-order valence-electron chi connectivity index (χ3n) is 8.30. The largest absolute Gasteiger partial charge is 0.493 e. The SMILES string of the molecule is C#CCNC1CCc2c(OCCCN3CCN(c4cccc5c4ccn5Cc4cccc(Cl)c4)CC3)cccc21. The van der Waals surface area contributed by atoms with E-state index in [4.69, 9.17) is 22.8 Å². The number of piperazine rings is 1. The quantitative estimate of drug-likeness (QED) is 0.189. The Hall–Kier alpha value is -3.43. The van der Waals surface area contributed by atoms with Crippen LogP contribution in [0.4, 0.5) is 5.69 Å². The Labute approximate surface area is 242 Å². The highest BCUT2D eigenvalue weighted by Crippen LogP contribution is 2.37. The van der Waals surface area contributed by atoms with Gasteiger partial charge in [0.15, 0.2) is 0 Å². The molecule has 0 saturated carbocycles. The smallest absolute Gasteiger partial charge is 0.122 e. The molecule has 1 aromatic heterocycles. The van der Waals surface area contributed by atoms with E-state index < -0.39 is 0 Å². The van der Waals surface area contributed by atoms with Crippen LogP contribution in [0.5, 0.6) is 5.75 Å². The van der Waals surface area contributed by atoms with Gasteiger partial charge in [-0.3, -0.25) is 10.2 Å². The Balaban J connectivity index is 1.000. The molecule has 5 nitrogen and oxygen atoms in total. The van der Waals surface area contributed by atoms with Gasteiger partial charge in [-0.05, 0) is 72.4 Å². The molecule has 0 spiro atoms. The third-order valence-corrected chi connectivity index (χ3v) is 8.54. The minimum atomic E-state index is 0.346. The minimum absolute atomic E-state index is 0.346. The molecule has 1 aliphatic heterocycles. The summed E-state index contributed by atoms with van der Waals surface area (Å²) in [6.07, 6.45) is 10.8. The fourth-order valence-corrected chi connectivity index (χ4v) is 6.50. The van der Waals surface area contributed by atoms with Crippen LogP contribution in [0.3, 0.4) is 0 Å². The Morgan fingerprint density at radius 2 is 1.85 bits per heavy atom. The van der Waals surface area contributed by atoms with Crippen molar-refractivity contribution in [2.24, 2.45) is 0 Å². The van der Waals surface area contributed by atoms with Gasteiger partial charge in [0.1, 0.15) is 5.75 Å². The minimum Gasteiger partial charge on any atom is -0.493 e. The van der Waals surface area contributed by atoms with Crippen LogP contribution in [0.15, 0.2) is 72.9 Å². The van der Waals surface area contributed by atoms with Crippen LogP contribution in [-0.4, -0.2) is 55.3 Å². The fraction of sp³-hybridized carbons (Fsp3) is 0.353. The molecule has 3 aromatic carbocycles. The van der Waals surface area contributed by atoms with Crippen molar-refractivity contribution in [3.63, 3.8) is 0 Å². The van der Waals surface area contributed by atoms with E-state index in [2.05, 4.69) is 80.3 Å². The predicted octanol–water partition coefficient (Wildman–Crippen LogP) is 6.14. The van der Waals surface area contributed by atoms with Crippen molar-refractivity contribution in [1.82, 2.24) is 14.8 Å². The topological polar surface area (TPSA) is 32.7 Å². The molecule has 40 heavy (non-hydrogen) atoms. The maximum Gasteiger partial charge on any atom is 0.122 e. The number of halogens is 1. The molecule has 0 radical (unpaired) electrons. The van der Waals surface area contributed by atoms with E-state index in [-0.39, 0.29) is 0 Å². The first-order chi connectivity index (χ1) is 19.7. The summed E-state index contributed by atoms with van der Waals surface area (Å²) in [6, 6.07) is 23.8. The molecular weight excluding hydrogens is 516 g/mol. The van der Waals surface area contributed by atoms with E-state index in [1.54, 1.807) is 0 Å². The predicted molar refractivity (Wildman–Crippen MR) is 166 cm³/mol. The second kappa shape index (κ2) is 12.4. The van der Waals surface area contributed by atoms with Gasteiger partial charge in [0, 0.05) is 67.6 Å². The molecule has 2 heterocycles. The molecule has 2 aliphatic rings. The van der Waals surface area contributed by atoms with Gasteiger partial charge in [0.2, 0.25) is 0 Å². The van der Waals surface area contributed by atoms with Crippen molar-refractivity contribution in [3.8, 4) is 18.1 Å². The number of terminal acetylenes is 1. The monoisotopic (exact) mass is 552 g/mol. The zero-order valence-electron chi connectivity index (χ0n) is 23.0. The molecule has 0 bridgehead atoms. The average Bonchev–Trinajstić information content (AvgIpc) is 3.59. The zero-order valence-corrected chi connectivity index (χ0v) is 23.7. The number of anilines is 1. The van der Waals surface area contributed by atoms with Gasteiger partial charge in [0.25, 0.3) is 0 Å². The molecule has 1 fully saturated rings. The van der Waals surface area contributed by atoms with Crippen LogP contribution in [0.2, 0.25) is 5.02 Å². The molecule has 6 rings (SSSR count). The van der Waals surface area contributed by atoms with Crippen LogP contribution < -0.4 is 15.0 Å². The van der Waals surface area contributed by atoms with Crippen molar-refractivity contribution >= 4 is 28.2 Å². The van der Waals surface area contributed by atoms with Crippen molar-refractivity contribution in [2.75, 3.05) is 50.8 Å². The maximum atomic E-state index is 6.27. The molecule has 1 N–H and O–H groups in total. The molecule has 206 valence electrons. The zero-order chi connectivity index (χ0) is 27.3. The van der Waals surface area contributed by atoms with Gasteiger partial charge in [-0.1, -0.05) is 47.9 Å². The van der Waals surface area contributed by atoms with Gasteiger partial charge in [-0.25, -0.2) is 0 Å². The Kier molecular flexibility index (Phi) is 8.29. The number of hydrogen-bond donors (Lipinski definition) is 1.